The summed E-state index contributed by atoms with van der Waals surface area (Å²) in [6.07, 6.45) is 11.7. The molecule has 0 bridgehead atoms. The minimum absolute atomic E-state index is 0.186. The first kappa shape index (κ1) is 18.7. The third-order valence-corrected chi connectivity index (χ3v) is 5.61. The number of nitrogen functional groups attached to an aromatic ring is 1. The van der Waals surface area contributed by atoms with Gasteiger partial charge in [-0.25, -0.2) is 9.97 Å². The van der Waals surface area contributed by atoms with Crippen molar-refractivity contribution in [2.45, 2.75) is 57.5 Å². The van der Waals surface area contributed by atoms with E-state index in [2.05, 4.69) is 25.0 Å². The van der Waals surface area contributed by atoms with Gasteiger partial charge in [-0.1, -0.05) is 5.16 Å². The largest absolute Gasteiger partial charge is 0.397 e. The number of aryl methyl sites for hydroxylation is 1. The van der Waals surface area contributed by atoms with Gasteiger partial charge in [-0.05, 0) is 50.3 Å². The van der Waals surface area contributed by atoms with Crippen LogP contribution in [-0.4, -0.2) is 39.9 Å². The molecule has 1 aliphatic heterocycles. The van der Waals surface area contributed by atoms with Crippen molar-refractivity contribution in [3.63, 3.8) is 0 Å². The predicted octanol–water partition coefficient (Wildman–Crippen LogP) is 3.46. The Labute approximate surface area is 166 Å². The highest BCUT2D eigenvalue weighted by molar-refractivity contribution is 5.84. The first-order chi connectivity index (χ1) is 13.7. The number of aromatic nitrogens is 3. The van der Waals surface area contributed by atoms with Crippen molar-refractivity contribution in [2.75, 3.05) is 23.7 Å². The lowest BCUT2D eigenvalue weighted by Crippen LogP contribution is -2.37. The fraction of sp³-hybridized carbons (Fsp3) is 0.524. The molecule has 1 saturated heterocycles. The van der Waals surface area contributed by atoms with E-state index in [1.807, 2.05) is 31.5 Å². The molecule has 148 valence electrons. The number of piperidine rings is 1. The van der Waals surface area contributed by atoms with Gasteiger partial charge >= 0.3 is 0 Å². The third kappa shape index (κ3) is 4.58. The zero-order valence-electron chi connectivity index (χ0n) is 16.4. The molecule has 2 N–H and O–H groups in total. The molecule has 7 heteroatoms. The van der Waals surface area contributed by atoms with Crippen LogP contribution in [0.4, 0.5) is 11.6 Å². The lowest BCUT2D eigenvalue weighted by atomic mass is 9.85. The predicted molar refractivity (Wildman–Crippen MR) is 110 cm³/mol. The second kappa shape index (κ2) is 8.54. The number of nitrogens with two attached hydrogens (primary N) is 1. The molecular weight excluding hydrogens is 352 g/mol. The van der Waals surface area contributed by atoms with Crippen LogP contribution < -0.4 is 10.6 Å². The second-order valence-electron chi connectivity index (χ2n) is 7.80. The van der Waals surface area contributed by atoms with E-state index in [0.717, 1.165) is 74.5 Å². The van der Waals surface area contributed by atoms with Crippen molar-refractivity contribution in [2.24, 2.45) is 5.16 Å². The van der Waals surface area contributed by atoms with Gasteiger partial charge in [-0.3, -0.25) is 4.98 Å². The normalized spacial score (nSPS) is 20.8. The van der Waals surface area contributed by atoms with Gasteiger partial charge < -0.3 is 15.5 Å². The number of hydrogen-bond donors (Lipinski definition) is 1. The summed E-state index contributed by atoms with van der Waals surface area (Å²) < 4.78 is 0. The van der Waals surface area contributed by atoms with Gasteiger partial charge in [0, 0.05) is 49.9 Å². The summed E-state index contributed by atoms with van der Waals surface area (Å²) in [4.78, 5) is 21.4. The van der Waals surface area contributed by atoms with Crippen LogP contribution in [0.5, 0.6) is 0 Å². The van der Waals surface area contributed by atoms with E-state index in [-0.39, 0.29) is 6.10 Å². The highest BCUT2D eigenvalue weighted by Gasteiger charge is 2.24. The molecule has 1 aliphatic carbocycles. The van der Waals surface area contributed by atoms with Crippen molar-refractivity contribution in [3.8, 4) is 0 Å². The van der Waals surface area contributed by atoms with Gasteiger partial charge in [0.05, 0.1) is 17.6 Å². The smallest absolute Gasteiger partial charge is 0.225 e. The topological polar surface area (TPSA) is 89.5 Å². The summed E-state index contributed by atoms with van der Waals surface area (Å²) >= 11 is 0. The molecular formula is C21H28N6O. The van der Waals surface area contributed by atoms with Crippen molar-refractivity contribution in [1.29, 1.82) is 0 Å². The van der Waals surface area contributed by atoms with E-state index in [9.17, 15) is 0 Å². The highest BCUT2D eigenvalue weighted by Crippen LogP contribution is 2.31. The van der Waals surface area contributed by atoms with E-state index in [1.165, 1.54) is 5.71 Å². The molecule has 0 aromatic carbocycles. The molecule has 2 fully saturated rings. The molecule has 0 unspecified atom stereocenters. The van der Waals surface area contributed by atoms with Crippen LogP contribution in [0.15, 0.2) is 35.9 Å². The van der Waals surface area contributed by atoms with Crippen LogP contribution in [0.1, 0.15) is 55.7 Å². The summed E-state index contributed by atoms with van der Waals surface area (Å²) in [5.74, 6) is 1.31. The quantitative estimate of drug-likeness (QED) is 0.817. The van der Waals surface area contributed by atoms with E-state index in [4.69, 9.17) is 10.6 Å². The average molecular weight is 380 g/mol. The third-order valence-electron chi connectivity index (χ3n) is 5.61. The Bertz CT molecular complexity index is 787. The minimum Gasteiger partial charge on any atom is -0.397 e. The van der Waals surface area contributed by atoms with Gasteiger partial charge in [0.25, 0.3) is 0 Å². The van der Waals surface area contributed by atoms with Crippen LogP contribution in [0.2, 0.25) is 0 Å². The molecule has 0 spiro atoms. The van der Waals surface area contributed by atoms with E-state index >= 15 is 0 Å². The Morgan fingerprint density at radius 3 is 2.36 bits per heavy atom. The van der Waals surface area contributed by atoms with Crippen molar-refractivity contribution in [1.82, 2.24) is 15.0 Å². The van der Waals surface area contributed by atoms with Gasteiger partial charge in [-0.2, -0.15) is 0 Å². The number of anilines is 2. The second-order valence-corrected chi connectivity index (χ2v) is 7.80. The molecule has 3 heterocycles. The van der Waals surface area contributed by atoms with Gasteiger partial charge in [0.15, 0.2) is 0 Å². The number of pyridine rings is 1. The van der Waals surface area contributed by atoms with Gasteiger partial charge in [-0.15, -0.1) is 0 Å². The molecule has 2 aromatic rings. The van der Waals surface area contributed by atoms with Crippen LogP contribution in [-0.2, 0) is 4.84 Å². The molecule has 0 amide bonds. The Morgan fingerprint density at radius 2 is 1.71 bits per heavy atom. The molecule has 2 aromatic heterocycles. The summed E-state index contributed by atoms with van der Waals surface area (Å²) in [5, 5.41) is 4.48. The number of rotatable bonds is 4. The average Bonchev–Trinajstić information content (AvgIpc) is 2.74. The molecule has 0 atom stereocenters. The Hall–Kier alpha value is -2.70. The standard InChI is InChI=1S/C21H28N6O/c1-15-12-24-21(25-13-15)27-10-8-19(9-11-27)28-26-18-5-2-16(3-6-18)20-7-4-17(22)14-23-20/h4,7,12-14,16,19H,2-3,5-6,8-11,22H2,1H3. The number of hydrogen-bond acceptors (Lipinski definition) is 7. The van der Waals surface area contributed by atoms with E-state index in [0.29, 0.717) is 5.92 Å². The highest BCUT2D eigenvalue weighted by atomic mass is 16.6. The Kier molecular flexibility index (Phi) is 5.69. The first-order valence-electron chi connectivity index (χ1n) is 10.1. The van der Waals surface area contributed by atoms with Crippen LogP contribution in [0.3, 0.4) is 0 Å². The maximum absolute atomic E-state index is 5.87. The van der Waals surface area contributed by atoms with Crippen molar-refractivity contribution >= 4 is 17.3 Å². The van der Waals surface area contributed by atoms with Crippen molar-refractivity contribution < 1.29 is 4.84 Å². The van der Waals surface area contributed by atoms with E-state index in [1.54, 1.807) is 6.20 Å². The zero-order chi connectivity index (χ0) is 19.3. The maximum atomic E-state index is 5.87. The summed E-state index contributed by atoms with van der Waals surface area (Å²) in [5.41, 5.74) is 9.84. The Morgan fingerprint density at radius 1 is 1.00 bits per heavy atom. The van der Waals surface area contributed by atoms with E-state index < -0.39 is 0 Å². The zero-order valence-corrected chi connectivity index (χ0v) is 16.4. The lowest BCUT2D eigenvalue weighted by molar-refractivity contribution is 0.0406. The minimum atomic E-state index is 0.186. The lowest BCUT2D eigenvalue weighted by Gasteiger charge is -2.31. The number of oxime groups is 1. The Balaban J connectivity index is 1.22. The summed E-state index contributed by atoms with van der Waals surface area (Å²) in [7, 11) is 0. The summed E-state index contributed by atoms with van der Waals surface area (Å²) in [6.45, 7) is 3.82. The maximum Gasteiger partial charge on any atom is 0.225 e. The van der Waals surface area contributed by atoms with Gasteiger partial charge in [0.2, 0.25) is 5.95 Å². The molecule has 28 heavy (non-hydrogen) atoms. The van der Waals surface area contributed by atoms with Crippen LogP contribution in [0.25, 0.3) is 0 Å². The fourth-order valence-electron chi connectivity index (χ4n) is 3.86. The number of nitrogens with zero attached hydrogens (tertiary/aromatic N) is 5. The first-order valence-corrected chi connectivity index (χ1v) is 10.1. The summed E-state index contributed by atoms with van der Waals surface area (Å²) in [6, 6.07) is 3.98. The van der Waals surface area contributed by atoms with Crippen LogP contribution >= 0.6 is 0 Å². The molecule has 2 aliphatic rings. The van der Waals surface area contributed by atoms with Crippen LogP contribution in [0, 0.1) is 6.92 Å². The van der Waals surface area contributed by atoms with Gasteiger partial charge in [0.1, 0.15) is 6.10 Å². The molecule has 0 radical (unpaired) electrons. The molecule has 4 rings (SSSR count). The molecule has 1 saturated carbocycles. The SMILES string of the molecule is Cc1cnc(N2CCC(ON=C3CCC(c4ccc(N)cn4)CC3)CC2)nc1. The fourth-order valence-corrected chi connectivity index (χ4v) is 3.86. The monoisotopic (exact) mass is 380 g/mol. The molecule has 7 nitrogen and oxygen atoms in total. The van der Waals surface area contributed by atoms with Crippen molar-refractivity contribution in [3.05, 3.63) is 42.0 Å².